The molecule has 1 heterocycles. The highest BCUT2D eigenvalue weighted by molar-refractivity contribution is 9.10. The van der Waals surface area contributed by atoms with Gasteiger partial charge >= 0.3 is 0 Å². The Morgan fingerprint density at radius 2 is 2.15 bits per heavy atom. The number of rotatable bonds is 5. The molecule has 2 aromatic rings. The van der Waals surface area contributed by atoms with Gasteiger partial charge in [-0.3, -0.25) is 0 Å². The van der Waals surface area contributed by atoms with E-state index in [9.17, 15) is 0 Å². The van der Waals surface area contributed by atoms with Crippen molar-refractivity contribution in [2.24, 2.45) is 0 Å². The van der Waals surface area contributed by atoms with Gasteiger partial charge in [-0.05, 0) is 65.0 Å². The second-order valence-corrected chi connectivity index (χ2v) is 6.05. The van der Waals surface area contributed by atoms with Crippen LogP contribution in [0.25, 0.3) is 0 Å². The number of nitrogens with one attached hydrogen (secondary N) is 1. The molecular formula is C16H17BrN2O. The van der Waals surface area contributed by atoms with Crippen LogP contribution in [0.2, 0.25) is 0 Å². The molecule has 4 heteroatoms. The maximum atomic E-state index is 5.84. The lowest BCUT2D eigenvalue weighted by Crippen LogP contribution is -2.15. The molecule has 3 rings (SSSR count). The molecule has 104 valence electrons. The van der Waals surface area contributed by atoms with Gasteiger partial charge in [-0.25, -0.2) is 4.98 Å². The highest BCUT2D eigenvalue weighted by Crippen LogP contribution is 2.29. The first-order chi connectivity index (χ1) is 9.70. The third-order valence-electron chi connectivity index (χ3n) is 3.27. The Labute approximate surface area is 127 Å². The summed E-state index contributed by atoms with van der Waals surface area (Å²) in [5.41, 5.74) is 2.39. The fourth-order valence-electron chi connectivity index (χ4n) is 1.97. The molecule has 0 saturated heterocycles. The lowest BCUT2D eigenvalue weighted by Gasteiger charge is -2.09. The van der Waals surface area contributed by atoms with Crippen molar-refractivity contribution in [1.29, 1.82) is 0 Å². The molecule has 1 N–H and O–H groups in total. The monoisotopic (exact) mass is 332 g/mol. The zero-order valence-electron chi connectivity index (χ0n) is 11.4. The summed E-state index contributed by atoms with van der Waals surface area (Å²) in [6.07, 6.45) is 4.39. The SMILES string of the molecule is Cc1ccc(Oc2cc(CNC3CC3)ccn2)c(Br)c1. The Morgan fingerprint density at radius 1 is 1.30 bits per heavy atom. The summed E-state index contributed by atoms with van der Waals surface area (Å²) in [5, 5.41) is 3.49. The van der Waals surface area contributed by atoms with E-state index in [2.05, 4.69) is 33.2 Å². The summed E-state index contributed by atoms with van der Waals surface area (Å²) >= 11 is 3.52. The molecule has 0 atom stereocenters. The summed E-state index contributed by atoms with van der Waals surface area (Å²) in [6, 6.07) is 10.7. The first-order valence-electron chi connectivity index (χ1n) is 6.83. The van der Waals surface area contributed by atoms with Crippen molar-refractivity contribution < 1.29 is 4.74 Å². The van der Waals surface area contributed by atoms with Crippen LogP contribution in [0, 0.1) is 6.92 Å². The van der Waals surface area contributed by atoms with Crippen LogP contribution >= 0.6 is 15.9 Å². The first kappa shape index (κ1) is 13.6. The molecule has 0 aliphatic heterocycles. The molecule has 0 unspecified atom stereocenters. The minimum Gasteiger partial charge on any atom is -0.438 e. The molecule has 3 nitrogen and oxygen atoms in total. The molecule has 0 spiro atoms. The van der Waals surface area contributed by atoms with Crippen molar-refractivity contribution >= 4 is 15.9 Å². The number of ether oxygens (including phenoxy) is 1. The average molecular weight is 333 g/mol. The third-order valence-corrected chi connectivity index (χ3v) is 3.89. The highest BCUT2D eigenvalue weighted by Gasteiger charge is 2.19. The Bertz CT molecular complexity index is 611. The van der Waals surface area contributed by atoms with Gasteiger partial charge in [0.15, 0.2) is 0 Å². The first-order valence-corrected chi connectivity index (χ1v) is 7.62. The van der Waals surface area contributed by atoms with Crippen molar-refractivity contribution in [2.75, 3.05) is 0 Å². The van der Waals surface area contributed by atoms with Gasteiger partial charge in [0.1, 0.15) is 5.75 Å². The molecule has 20 heavy (non-hydrogen) atoms. The van der Waals surface area contributed by atoms with Crippen molar-refractivity contribution in [1.82, 2.24) is 10.3 Å². The number of nitrogens with zero attached hydrogens (tertiary/aromatic N) is 1. The highest BCUT2D eigenvalue weighted by atomic mass is 79.9. The van der Waals surface area contributed by atoms with Crippen molar-refractivity contribution in [2.45, 2.75) is 32.4 Å². The summed E-state index contributed by atoms with van der Waals surface area (Å²) < 4.78 is 6.79. The van der Waals surface area contributed by atoms with Crippen LogP contribution in [-0.4, -0.2) is 11.0 Å². The molecule has 0 amide bonds. The average Bonchev–Trinajstić information content (AvgIpc) is 3.24. The number of benzene rings is 1. The molecule has 1 aliphatic rings. The minimum atomic E-state index is 0.629. The maximum absolute atomic E-state index is 5.84. The summed E-state index contributed by atoms with van der Waals surface area (Å²) in [7, 11) is 0. The van der Waals surface area contributed by atoms with Gasteiger partial charge < -0.3 is 10.1 Å². The quantitative estimate of drug-likeness (QED) is 0.891. The van der Waals surface area contributed by atoms with Crippen LogP contribution in [-0.2, 0) is 6.54 Å². The van der Waals surface area contributed by atoms with Gasteiger partial charge in [-0.2, -0.15) is 0 Å². The zero-order chi connectivity index (χ0) is 13.9. The number of halogens is 1. The van der Waals surface area contributed by atoms with Crippen LogP contribution in [0.4, 0.5) is 0 Å². The number of hydrogen-bond donors (Lipinski definition) is 1. The predicted octanol–water partition coefficient (Wildman–Crippen LogP) is 4.20. The smallest absolute Gasteiger partial charge is 0.219 e. The van der Waals surface area contributed by atoms with E-state index in [1.807, 2.05) is 30.3 Å². The van der Waals surface area contributed by atoms with Gasteiger partial charge in [-0.1, -0.05) is 6.07 Å². The molecule has 0 bridgehead atoms. The molecular weight excluding hydrogens is 316 g/mol. The zero-order valence-corrected chi connectivity index (χ0v) is 13.0. The number of pyridine rings is 1. The Hall–Kier alpha value is -1.39. The van der Waals surface area contributed by atoms with E-state index in [4.69, 9.17) is 4.74 Å². The summed E-state index contributed by atoms with van der Waals surface area (Å²) in [5.74, 6) is 1.42. The standard InChI is InChI=1S/C16H17BrN2O/c1-11-2-5-15(14(17)8-11)20-16-9-12(6-7-18-16)10-19-13-3-4-13/h2,5-9,13,19H,3-4,10H2,1H3. The number of aromatic nitrogens is 1. The third kappa shape index (κ3) is 3.58. The Kier molecular flexibility index (Phi) is 4.03. The topological polar surface area (TPSA) is 34.1 Å². The van der Waals surface area contributed by atoms with Crippen LogP contribution in [0.1, 0.15) is 24.0 Å². The van der Waals surface area contributed by atoms with E-state index < -0.39 is 0 Å². The fraction of sp³-hybridized carbons (Fsp3) is 0.312. The molecule has 1 aromatic heterocycles. The lowest BCUT2D eigenvalue weighted by atomic mass is 10.2. The number of hydrogen-bond acceptors (Lipinski definition) is 3. The molecule has 1 aromatic carbocycles. The number of aryl methyl sites for hydroxylation is 1. The largest absolute Gasteiger partial charge is 0.438 e. The van der Waals surface area contributed by atoms with Crippen molar-refractivity contribution in [3.63, 3.8) is 0 Å². The Balaban J connectivity index is 1.70. The van der Waals surface area contributed by atoms with E-state index in [1.165, 1.54) is 24.0 Å². The van der Waals surface area contributed by atoms with Crippen LogP contribution in [0.3, 0.4) is 0 Å². The predicted molar refractivity (Wildman–Crippen MR) is 83.1 cm³/mol. The fourth-order valence-corrected chi connectivity index (χ4v) is 2.54. The summed E-state index contributed by atoms with van der Waals surface area (Å²) in [4.78, 5) is 4.27. The van der Waals surface area contributed by atoms with Crippen molar-refractivity contribution in [3.8, 4) is 11.6 Å². The maximum Gasteiger partial charge on any atom is 0.219 e. The van der Waals surface area contributed by atoms with Crippen LogP contribution in [0.15, 0.2) is 41.0 Å². The molecule has 1 aliphatic carbocycles. The van der Waals surface area contributed by atoms with Crippen LogP contribution in [0.5, 0.6) is 11.6 Å². The van der Waals surface area contributed by atoms with Gasteiger partial charge in [0, 0.05) is 24.8 Å². The van der Waals surface area contributed by atoms with Gasteiger partial charge in [0.2, 0.25) is 5.88 Å². The van der Waals surface area contributed by atoms with Gasteiger partial charge in [-0.15, -0.1) is 0 Å². The Morgan fingerprint density at radius 3 is 2.90 bits per heavy atom. The van der Waals surface area contributed by atoms with Crippen LogP contribution < -0.4 is 10.1 Å². The molecule has 0 radical (unpaired) electrons. The second-order valence-electron chi connectivity index (χ2n) is 5.19. The minimum absolute atomic E-state index is 0.629. The van der Waals surface area contributed by atoms with E-state index in [-0.39, 0.29) is 0 Å². The van der Waals surface area contributed by atoms with E-state index in [1.54, 1.807) is 6.20 Å². The molecule has 1 fully saturated rings. The van der Waals surface area contributed by atoms with Gasteiger partial charge in [0.05, 0.1) is 4.47 Å². The normalized spacial score (nSPS) is 14.3. The second kappa shape index (κ2) is 5.94. The van der Waals surface area contributed by atoms with E-state index in [0.717, 1.165) is 16.8 Å². The van der Waals surface area contributed by atoms with E-state index in [0.29, 0.717) is 11.9 Å². The lowest BCUT2D eigenvalue weighted by molar-refractivity contribution is 0.458. The molecule has 1 saturated carbocycles. The van der Waals surface area contributed by atoms with Gasteiger partial charge in [0.25, 0.3) is 0 Å². The van der Waals surface area contributed by atoms with Crippen molar-refractivity contribution in [3.05, 3.63) is 52.1 Å². The van der Waals surface area contributed by atoms with E-state index >= 15 is 0 Å². The summed E-state index contributed by atoms with van der Waals surface area (Å²) in [6.45, 7) is 2.93.